The Balaban J connectivity index is 3.06. The molecule has 1 aromatic carbocycles. The van der Waals surface area contributed by atoms with Crippen molar-refractivity contribution in [3.8, 4) is 0 Å². The third-order valence-electron chi connectivity index (χ3n) is 2.88. The second-order valence-corrected chi connectivity index (χ2v) is 7.41. The van der Waals surface area contributed by atoms with Crippen LogP contribution in [-0.2, 0) is 21.3 Å². The molecule has 0 aromatic heterocycles. The minimum atomic E-state index is -3.59. The number of sulfonamides is 1. The fraction of sp³-hybridized carbons (Fsp3) is 0.571. The molecule has 7 heteroatoms. The number of nitrogens with one attached hydrogen (secondary N) is 2. The van der Waals surface area contributed by atoms with Gasteiger partial charge in [-0.25, -0.2) is 13.1 Å². The maximum absolute atomic E-state index is 12.5. The number of hydrogen-bond donors (Lipinski definition) is 2. The zero-order valence-electron chi connectivity index (χ0n) is 12.9. The van der Waals surface area contributed by atoms with Gasteiger partial charge < -0.3 is 10.1 Å². The van der Waals surface area contributed by atoms with Gasteiger partial charge in [-0.1, -0.05) is 6.07 Å². The van der Waals surface area contributed by atoms with Gasteiger partial charge in [0.1, 0.15) is 0 Å². The average Bonchev–Trinajstić information content (AvgIpc) is 2.40. The molecule has 0 aliphatic rings. The summed E-state index contributed by atoms with van der Waals surface area (Å²) in [6.07, 6.45) is 0. The highest BCUT2D eigenvalue weighted by atomic mass is 79.9. The van der Waals surface area contributed by atoms with Gasteiger partial charge in [0.2, 0.25) is 10.0 Å². The van der Waals surface area contributed by atoms with E-state index in [-0.39, 0.29) is 10.9 Å². The van der Waals surface area contributed by atoms with E-state index in [1.807, 2.05) is 27.0 Å². The van der Waals surface area contributed by atoms with Gasteiger partial charge in [0.05, 0.1) is 11.5 Å². The third-order valence-corrected chi connectivity index (χ3v) is 5.81. The maximum atomic E-state index is 12.5. The van der Waals surface area contributed by atoms with E-state index in [0.717, 1.165) is 11.1 Å². The Hall–Kier alpha value is -0.470. The molecule has 0 aliphatic carbocycles. The molecule has 0 bridgehead atoms. The largest absolute Gasteiger partial charge is 0.380 e. The van der Waals surface area contributed by atoms with Gasteiger partial charge in [-0.3, -0.25) is 0 Å². The van der Waals surface area contributed by atoms with Crippen LogP contribution in [-0.4, -0.2) is 34.7 Å². The molecule has 0 saturated carbocycles. The van der Waals surface area contributed by atoms with Crippen LogP contribution in [0.2, 0.25) is 0 Å². The predicted molar refractivity (Wildman–Crippen MR) is 87.9 cm³/mol. The van der Waals surface area contributed by atoms with E-state index in [4.69, 9.17) is 4.74 Å². The molecule has 1 atom stereocenters. The van der Waals surface area contributed by atoms with E-state index in [1.165, 1.54) is 0 Å². The van der Waals surface area contributed by atoms with E-state index >= 15 is 0 Å². The zero-order valence-corrected chi connectivity index (χ0v) is 15.3. The monoisotopic (exact) mass is 378 g/mol. The number of rotatable bonds is 8. The number of hydrogen-bond acceptors (Lipinski definition) is 4. The molecule has 0 heterocycles. The minimum absolute atomic E-state index is 0.260. The summed E-state index contributed by atoms with van der Waals surface area (Å²) in [5.74, 6) is 0. The SMILES string of the molecule is CCOCC(C)NS(=O)(=O)c1cc(CNC)cc(C)c1Br. The van der Waals surface area contributed by atoms with Crippen LogP contribution in [0.3, 0.4) is 0 Å². The lowest BCUT2D eigenvalue weighted by Crippen LogP contribution is -2.36. The van der Waals surface area contributed by atoms with E-state index in [9.17, 15) is 8.42 Å². The molecule has 1 rings (SSSR count). The van der Waals surface area contributed by atoms with Gasteiger partial charge in [0, 0.05) is 23.7 Å². The highest BCUT2D eigenvalue weighted by Gasteiger charge is 2.22. The second kappa shape index (κ2) is 8.24. The van der Waals surface area contributed by atoms with Crippen molar-refractivity contribution in [2.45, 2.75) is 38.3 Å². The summed E-state index contributed by atoms with van der Waals surface area (Å²) in [6.45, 7) is 7.07. The Morgan fingerprint density at radius 1 is 1.38 bits per heavy atom. The molecule has 1 aromatic rings. The highest BCUT2D eigenvalue weighted by molar-refractivity contribution is 9.10. The lowest BCUT2D eigenvalue weighted by molar-refractivity contribution is 0.133. The van der Waals surface area contributed by atoms with E-state index < -0.39 is 10.0 Å². The maximum Gasteiger partial charge on any atom is 0.242 e. The Morgan fingerprint density at radius 2 is 2.05 bits per heavy atom. The summed E-state index contributed by atoms with van der Waals surface area (Å²) < 4.78 is 33.5. The van der Waals surface area contributed by atoms with Crippen molar-refractivity contribution in [1.29, 1.82) is 0 Å². The summed E-state index contributed by atoms with van der Waals surface area (Å²) >= 11 is 3.37. The van der Waals surface area contributed by atoms with Crippen LogP contribution in [0, 0.1) is 6.92 Å². The Kier molecular flexibility index (Phi) is 7.29. The van der Waals surface area contributed by atoms with Gasteiger partial charge in [-0.15, -0.1) is 0 Å². The first kappa shape index (κ1) is 18.6. The van der Waals surface area contributed by atoms with Crippen molar-refractivity contribution in [3.63, 3.8) is 0 Å². The van der Waals surface area contributed by atoms with Gasteiger partial charge in [-0.2, -0.15) is 0 Å². The summed E-state index contributed by atoms with van der Waals surface area (Å²) in [5.41, 5.74) is 1.82. The number of halogens is 1. The van der Waals surface area contributed by atoms with Crippen molar-refractivity contribution < 1.29 is 13.2 Å². The molecular weight excluding hydrogens is 356 g/mol. The summed E-state index contributed by atoms with van der Waals surface area (Å²) in [5, 5.41) is 3.03. The van der Waals surface area contributed by atoms with E-state index in [2.05, 4.69) is 26.0 Å². The van der Waals surface area contributed by atoms with Gasteiger partial charge >= 0.3 is 0 Å². The highest BCUT2D eigenvalue weighted by Crippen LogP contribution is 2.27. The van der Waals surface area contributed by atoms with E-state index in [0.29, 0.717) is 24.2 Å². The van der Waals surface area contributed by atoms with Crippen LogP contribution in [0.5, 0.6) is 0 Å². The fourth-order valence-electron chi connectivity index (χ4n) is 1.97. The summed E-state index contributed by atoms with van der Waals surface area (Å²) in [4.78, 5) is 0.260. The minimum Gasteiger partial charge on any atom is -0.380 e. The topological polar surface area (TPSA) is 67.4 Å². The average molecular weight is 379 g/mol. The Bertz CT molecular complexity index is 576. The van der Waals surface area contributed by atoms with Crippen LogP contribution in [0.25, 0.3) is 0 Å². The molecule has 0 aliphatic heterocycles. The first-order valence-corrected chi connectivity index (χ1v) is 9.13. The van der Waals surface area contributed by atoms with Crippen LogP contribution >= 0.6 is 15.9 Å². The molecule has 2 N–H and O–H groups in total. The van der Waals surface area contributed by atoms with Crippen LogP contribution < -0.4 is 10.0 Å². The fourth-order valence-corrected chi connectivity index (χ4v) is 4.26. The lowest BCUT2D eigenvalue weighted by Gasteiger charge is -2.16. The summed E-state index contributed by atoms with van der Waals surface area (Å²) in [7, 11) is -1.76. The third kappa shape index (κ3) is 5.34. The molecule has 0 fully saturated rings. The van der Waals surface area contributed by atoms with Crippen LogP contribution in [0.1, 0.15) is 25.0 Å². The molecule has 120 valence electrons. The number of aryl methyl sites for hydroxylation is 1. The zero-order chi connectivity index (χ0) is 16.0. The van der Waals surface area contributed by atoms with Crippen molar-refractivity contribution in [2.24, 2.45) is 0 Å². The van der Waals surface area contributed by atoms with Crippen molar-refractivity contribution in [2.75, 3.05) is 20.3 Å². The predicted octanol–water partition coefficient (Wildman–Crippen LogP) is 2.18. The number of ether oxygens (including phenoxy) is 1. The molecule has 0 radical (unpaired) electrons. The smallest absolute Gasteiger partial charge is 0.242 e. The molecule has 0 saturated heterocycles. The quantitative estimate of drug-likeness (QED) is 0.727. The molecule has 0 spiro atoms. The van der Waals surface area contributed by atoms with Gasteiger partial charge in [-0.05, 0) is 60.9 Å². The van der Waals surface area contributed by atoms with Crippen LogP contribution in [0.15, 0.2) is 21.5 Å². The Morgan fingerprint density at radius 3 is 2.62 bits per heavy atom. The van der Waals surface area contributed by atoms with E-state index in [1.54, 1.807) is 13.0 Å². The molecular formula is C14H23BrN2O3S. The standard InChI is InChI=1S/C14H23BrN2O3S/c1-5-20-9-11(3)17-21(18,19)13-7-12(8-16-4)6-10(2)14(13)15/h6-7,11,16-17H,5,8-9H2,1-4H3. The van der Waals surface area contributed by atoms with Crippen LogP contribution in [0.4, 0.5) is 0 Å². The van der Waals surface area contributed by atoms with Crippen molar-refractivity contribution >= 4 is 26.0 Å². The molecule has 0 amide bonds. The van der Waals surface area contributed by atoms with Crippen molar-refractivity contribution in [1.82, 2.24) is 10.0 Å². The van der Waals surface area contributed by atoms with Gasteiger partial charge in [0.25, 0.3) is 0 Å². The molecule has 1 unspecified atom stereocenters. The lowest BCUT2D eigenvalue weighted by atomic mass is 10.1. The van der Waals surface area contributed by atoms with Gasteiger partial charge in [0.15, 0.2) is 0 Å². The van der Waals surface area contributed by atoms with Crippen molar-refractivity contribution in [3.05, 3.63) is 27.7 Å². The first-order chi connectivity index (χ1) is 9.81. The Labute approximate surface area is 135 Å². The second-order valence-electron chi connectivity index (χ2n) is 4.94. The normalized spacial score (nSPS) is 13.4. The first-order valence-electron chi connectivity index (χ1n) is 6.85. The summed E-state index contributed by atoms with van der Waals surface area (Å²) in [6, 6.07) is 3.36. The molecule has 21 heavy (non-hydrogen) atoms. The number of benzene rings is 1. The molecule has 5 nitrogen and oxygen atoms in total.